The minimum Gasteiger partial charge on any atom is -0.295 e. The molecule has 1 nitrogen and oxygen atoms in total. The Kier molecular flexibility index (Phi) is 5.87. The molecule has 0 atom stereocenters. The van der Waals surface area contributed by atoms with Crippen LogP contribution in [0.25, 0.3) is 0 Å². The van der Waals surface area contributed by atoms with Crippen molar-refractivity contribution in [3.63, 3.8) is 0 Å². The van der Waals surface area contributed by atoms with Gasteiger partial charge in [-0.3, -0.25) is 4.79 Å². The van der Waals surface area contributed by atoms with E-state index in [-0.39, 0.29) is 5.78 Å². The van der Waals surface area contributed by atoms with Gasteiger partial charge < -0.3 is 0 Å². The zero-order chi connectivity index (χ0) is 14.2. The third kappa shape index (κ3) is 4.86. The number of rotatable bonds is 7. The molecule has 0 radical (unpaired) electrons. The second-order valence-electron chi connectivity index (χ2n) is 4.88. The third-order valence-electron chi connectivity index (χ3n) is 3.21. The molecule has 0 aromatic heterocycles. The summed E-state index contributed by atoms with van der Waals surface area (Å²) in [6.07, 6.45) is 3.56. The minimum absolute atomic E-state index is 0.136. The van der Waals surface area contributed by atoms with Gasteiger partial charge in [-0.2, -0.15) is 0 Å². The van der Waals surface area contributed by atoms with Crippen LogP contribution in [-0.2, 0) is 6.42 Å². The lowest BCUT2D eigenvalue weighted by molar-refractivity contribution is 0.101. The Morgan fingerprint density at radius 2 is 1.80 bits per heavy atom. The van der Waals surface area contributed by atoms with E-state index in [9.17, 15) is 4.79 Å². The van der Waals surface area contributed by atoms with Gasteiger partial charge in [-0.05, 0) is 49.6 Å². The first-order valence-corrected chi connectivity index (χ1v) is 8.02. The zero-order valence-corrected chi connectivity index (χ0v) is 12.7. The molecule has 0 bridgehead atoms. The number of Topliss-reactive ketones (excluding diaryl/α,β-unsaturated/α-hetero) is 1. The predicted octanol–water partition coefficient (Wildman–Crippen LogP) is 5.00. The van der Waals surface area contributed by atoms with Gasteiger partial charge in [0.25, 0.3) is 0 Å². The van der Waals surface area contributed by atoms with Gasteiger partial charge in [-0.1, -0.05) is 42.5 Å². The molecule has 2 aromatic carbocycles. The van der Waals surface area contributed by atoms with Crippen molar-refractivity contribution in [1.82, 2.24) is 0 Å². The molecule has 0 saturated heterocycles. The van der Waals surface area contributed by atoms with Crippen LogP contribution in [-0.4, -0.2) is 11.5 Å². The fourth-order valence-corrected chi connectivity index (χ4v) is 3.04. The van der Waals surface area contributed by atoms with Crippen LogP contribution in [0, 0.1) is 0 Å². The number of aryl methyl sites for hydroxylation is 1. The van der Waals surface area contributed by atoms with E-state index in [1.807, 2.05) is 30.0 Å². The first-order valence-electron chi connectivity index (χ1n) is 7.03. The molecule has 0 amide bonds. The standard InChI is InChI=1S/C18H20OS/c1-15(19)17-11-7-12-18(14-17)20-13-6-5-10-16-8-3-2-4-9-16/h2-4,7-9,11-12,14H,5-6,10,13H2,1H3. The summed E-state index contributed by atoms with van der Waals surface area (Å²) in [5.41, 5.74) is 2.22. The molecular weight excluding hydrogens is 264 g/mol. The molecule has 104 valence electrons. The van der Waals surface area contributed by atoms with Gasteiger partial charge in [0.05, 0.1) is 0 Å². The Morgan fingerprint density at radius 3 is 2.55 bits per heavy atom. The molecule has 20 heavy (non-hydrogen) atoms. The number of thioether (sulfide) groups is 1. The number of benzene rings is 2. The van der Waals surface area contributed by atoms with Crippen LogP contribution in [0.3, 0.4) is 0 Å². The molecule has 0 heterocycles. The summed E-state index contributed by atoms with van der Waals surface area (Å²) in [5, 5.41) is 0. The summed E-state index contributed by atoms with van der Waals surface area (Å²) in [5.74, 6) is 1.24. The molecule has 2 rings (SSSR count). The van der Waals surface area contributed by atoms with Crippen LogP contribution >= 0.6 is 11.8 Å². The molecule has 0 aliphatic rings. The van der Waals surface area contributed by atoms with Crippen molar-refractivity contribution in [3.8, 4) is 0 Å². The smallest absolute Gasteiger partial charge is 0.159 e. The van der Waals surface area contributed by atoms with Crippen molar-refractivity contribution in [2.45, 2.75) is 31.1 Å². The van der Waals surface area contributed by atoms with Crippen LogP contribution in [0.5, 0.6) is 0 Å². The largest absolute Gasteiger partial charge is 0.295 e. The monoisotopic (exact) mass is 284 g/mol. The number of hydrogen-bond acceptors (Lipinski definition) is 2. The molecule has 0 saturated carbocycles. The second kappa shape index (κ2) is 7.91. The quantitative estimate of drug-likeness (QED) is 0.404. The normalized spacial score (nSPS) is 10.4. The number of unbranched alkanes of at least 4 members (excludes halogenated alkanes) is 1. The molecule has 0 N–H and O–H groups in total. The van der Waals surface area contributed by atoms with E-state index in [1.165, 1.54) is 23.3 Å². The average Bonchev–Trinajstić information content (AvgIpc) is 2.48. The van der Waals surface area contributed by atoms with Gasteiger partial charge in [0.1, 0.15) is 0 Å². The van der Waals surface area contributed by atoms with E-state index in [1.54, 1.807) is 6.92 Å². The summed E-state index contributed by atoms with van der Waals surface area (Å²) in [6.45, 7) is 1.61. The van der Waals surface area contributed by atoms with Gasteiger partial charge in [0.2, 0.25) is 0 Å². The van der Waals surface area contributed by atoms with Crippen molar-refractivity contribution in [3.05, 3.63) is 65.7 Å². The van der Waals surface area contributed by atoms with Crippen molar-refractivity contribution >= 4 is 17.5 Å². The number of carbonyl (C=O) groups is 1. The maximum absolute atomic E-state index is 11.3. The lowest BCUT2D eigenvalue weighted by atomic mass is 10.1. The predicted molar refractivity (Wildman–Crippen MR) is 86.6 cm³/mol. The van der Waals surface area contributed by atoms with Crippen LogP contribution < -0.4 is 0 Å². The number of carbonyl (C=O) groups excluding carboxylic acids is 1. The molecule has 0 aliphatic heterocycles. The van der Waals surface area contributed by atoms with Crippen LogP contribution in [0.4, 0.5) is 0 Å². The highest BCUT2D eigenvalue weighted by molar-refractivity contribution is 7.99. The maximum Gasteiger partial charge on any atom is 0.159 e. The molecule has 2 aromatic rings. The topological polar surface area (TPSA) is 17.1 Å². The first-order chi connectivity index (χ1) is 9.75. The SMILES string of the molecule is CC(=O)c1cccc(SCCCCc2ccccc2)c1. The zero-order valence-electron chi connectivity index (χ0n) is 11.8. The second-order valence-corrected chi connectivity index (χ2v) is 6.04. The molecule has 0 aliphatic carbocycles. The number of ketones is 1. The molecular formula is C18H20OS. The molecule has 2 heteroatoms. The van der Waals surface area contributed by atoms with Crippen molar-refractivity contribution < 1.29 is 4.79 Å². The van der Waals surface area contributed by atoms with Crippen LogP contribution in [0.2, 0.25) is 0 Å². The van der Waals surface area contributed by atoms with Crippen molar-refractivity contribution in [1.29, 1.82) is 0 Å². The average molecular weight is 284 g/mol. The van der Waals surface area contributed by atoms with Gasteiger partial charge in [-0.15, -0.1) is 11.8 Å². The number of hydrogen-bond donors (Lipinski definition) is 0. The van der Waals surface area contributed by atoms with E-state index >= 15 is 0 Å². The van der Waals surface area contributed by atoms with E-state index < -0.39 is 0 Å². The van der Waals surface area contributed by atoms with E-state index in [0.29, 0.717) is 0 Å². The third-order valence-corrected chi connectivity index (χ3v) is 4.29. The summed E-state index contributed by atoms with van der Waals surface area (Å²) in [6, 6.07) is 18.5. The Labute approximate surface area is 125 Å². The fourth-order valence-electron chi connectivity index (χ4n) is 2.07. The summed E-state index contributed by atoms with van der Waals surface area (Å²) in [7, 11) is 0. The highest BCUT2D eigenvalue weighted by atomic mass is 32.2. The molecule has 0 fully saturated rings. The Bertz CT molecular complexity index is 548. The summed E-state index contributed by atoms with van der Waals surface area (Å²) < 4.78 is 0. The van der Waals surface area contributed by atoms with Gasteiger partial charge >= 0.3 is 0 Å². The fraction of sp³-hybridized carbons (Fsp3) is 0.278. The van der Waals surface area contributed by atoms with Crippen LogP contribution in [0.15, 0.2) is 59.5 Å². The van der Waals surface area contributed by atoms with E-state index in [2.05, 4.69) is 36.4 Å². The minimum atomic E-state index is 0.136. The Hall–Kier alpha value is -1.54. The van der Waals surface area contributed by atoms with Gasteiger partial charge in [-0.25, -0.2) is 0 Å². The summed E-state index contributed by atoms with van der Waals surface area (Å²) in [4.78, 5) is 12.5. The van der Waals surface area contributed by atoms with E-state index in [0.717, 1.165) is 17.7 Å². The Morgan fingerprint density at radius 1 is 1.00 bits per heavy atom. The van der Waals surface area contributed by atoms with Crippen molar-refractivity contribution in [2.75, 3.05) is 5.75 Å². The summed E-state index contributed by atoms with van der Waals surface area (Å²) >= 11 is 1.83. The van der Waals surface area contributed by atoms with Crippen molar-refractivity contribution in [2.24, 2.45) is 0 Å². The van der Waals surface area contributed by atoms with Gasteiger partial charge in [0, 0.05) is 10.5 Å². The van der Waals surface area contributed by atoms with Crippen LogP contribution in [0.1, 0.15) is 35.7 Å². The lowest BCUT2D eigenvalue weighted by Gasteiger charge is -2.04. The Balaban J connectivity index is 1.71. The lowest BCUT2D eigenvalue weighted by Crippen LogP contribution is -1.91. The van der Waals surface area contributed by atoms with E-state index in [4.69, 9.17) is 0 Å². The molecule has 0 unspecified atom stereocenters. The maximum atomic E-state index is 11.3. The first kappa shape index (κ1) is 14.9. The van der Waals surface area contributed by atoms with Gasteiger partial charge in [0.15, 0.2) is 5.78 Å². The molecule has 0 spiro atoms. The highest BCUT2D eigenvalue weighted by Crippen LogP contribution is 2.21. The highest BCUT2D eigenvalue weighted by Gasteiger charge is 2.01.